The van der Waals surface area contributed by atoms with Crippen molar-refractivity contribution in [1.82, 2.24) is 0 Å². The molecule has 0 heterocycles. The van der Waals surface area contributed by atoms with Gasteiger partial charge in [-0.05, 0) is 47.1 Å². The molecule has 0 amide bonds. The zero-order chi connectivity index (χ0) is 14.0. The number of para-hydroxylation sites is 1. The fourth-order valence-electron chi connectivity index (χ4n) is 1.78. The van der Waals surface area contributed by atoms with E-state index in [9.17, 15) is 8.78 Å². The summed E-state index contributed by atoms with van der Waals surface area (Å²) in [6.07, 6.45) is 0. The van der Waals surface area contributed by atoms with Crippen molar-refractivity contribution < 1.29 is 8.78 Å². The molecule has 5 heteroatoms. The molecule has 1 unspecified atom stereocenters. The highest BCUT2D eigenvalue weighted by atomic mass is 79.9. The van der Waals surface area contributed by atoms with Gasteiger partial charge in [-0.25, -0.2) is 8.78 Å². The maximum atomic E-state index is 13.8. The van der Waals surface area contributed by atoms with E-state index in [-0.39, 0.29) is 17.7 Å². The molecule has 0 spiro atoms. The highest BCUT2D eigenvalue weighted by molar-refractivity contribution is 9.10. The van der Waals surface area contributed by atoms with Crippen molar-refractivity contribution in [2.24, 2.45) is 0 Å². The number of halogens is 4. The Morgan fingerprint density at radius 3 is 2.42 bits per heavy atom. The lowest BCUT2D eigenvalue weighted by atomic mass is 10.1. The third kappa shape index (κ3) is 3.34. The van der Waals surface area contributed by atoms with Crippen LogP contribution in [0.3, 0.4) is 0 Å². The minimum atomic E-state index is -0.376. The van der Waals surface area contributed by atoms with Crippen molar-refractivity contribution in [2.75, 3.05) is 5.32 Å². The van der Waals surface area contributed by atoms with Crippen molar-refractivity contribution in [3.63, 3.8) is 0 Å². The molecular formula is C14H11Br2F2N. The maximum Gasteiger partial charge on any atom is 0.147 e. The van der Waals surface area contributed by atoms with E-state index in [1.807, 2.05) is 0 Å². The number of rotatable bonds is 3. The fraction of sp³-hybridized carbons (Fsp3) is 0.143. The first kappa shape index (κ1) is 14.5. The monoisotopic (exact) mass is 389 g/mol. The van der Waals surface area contributed by atoms with Gasteiger partial charge in [0, 0.05) is 14.5 Å². The molecule has 0 bridgehead atoms. The molecule has 1 nitrogen and oxygen atoms in total. The van der Waals surface area contributed by atoms with Crippen LogP contribution in [0.2, 0.25) is 0 Å². The number of hydrogen-bond acceptors (Lipinski definition) is 1. The van der Waals surface area contributed by atoms with Gasteiger partial charge in [0.05, 0.1) is 11.7 Å². The molecule has 0 aliphatic rings. The van der Waals surface area contributed by atoms with Crippen LogP contribution in [0.1, 0.15) is 18.5 Å². The Balaban J connectivity index is 2.28. The van der Waals surface area contributed by atoms with Gasteiger partial charge in [-0.2, -0.15) is 0 Å². The molecule has 0 saturated heterocycles. The Morgan fingerprint density at radius 1 is 1.05 bits per heavy atom. The van der Waals surface area contributed by atoms with Crippen LogP contribution in [0.15, 0.2) is 45.3 Å². The standard InChI is InChI=1S/C14H11Br2F2N/c1-8(10-6-5-9(15)7-13(10)18)19-14-11(16)3-2-4-12(14)17/h2-8,19H,1H3. The van der Waals surface area contributed by atoms with Gasteiger partial charge in [-0.15, -0.1) is 0 Å². The summed E-state index contributed by atoms with van der Waals surface area (Å²) in [6, 6.07) is 9.17. The van der Waals surface area contributed by atoms with Crippen LogP contribution in [0, 0.1) is 11.6 Å². The summed E-state index contributed by atoms with van der Waals surface area (Å²) >= 11 is 6.48. The van der Waals surface area contributed by atoms with Gasteiger partial charge >= 0.3 is 0 Å². The van der Waals surface area contributed by atoms with Gasteiger partial charge in [-0.3, -0.25) is 0 Å². The molecule has 1 atom stereocenters. The van der Waals surface area contributed by atoms with Crippen molar-refractivity contribution in [3.05, 3.63) is 62.5 Å². The Labute approximate surface area is 127 Å². The predicted octanol–water partition coefficient (Wildman–Crippen LogP) is 5.66. The molecule has 2 aromatic carbocycles. The molecule has 19 heavy (non-hydrogen) atoms. The van der Waals surface area contributed by atoms with E-state index in [0.29, 0.717) is 20.2 Å². The minimum Gasteiger partial charge on any atom is -0.375 e. The van der Waals surface area contributed by atoms with Crippen molar-refractivity contribution in [1.29, 1.82) is 0 Å². The number of benzene rings is 2. The SMILES string of the molecule is CC(Nc1c(F)cccc1Br)c1ccc(Br)cc1F. The van der Waals surface area contributed by atoms with Gasteiger partial charge in [0.1, 0.15) is 11.6 Å². The van der Waals surface area contributed by atoms with Gasteiger partial charge in [0.25, 0.3) is 0 Å². The molecule has 0 aromatic heterocycles. The Kier molecular flexibility index (Phi) is 4.58. The normalized spacial score (nSPS) is 12.3. The number of nitrogens with one attached hydrogen (secondary N) is 1. The lowest BCUT2D eigenvalue weighted by Gasteiger charge is -2.18. The largest absolute Gasteiger partial charge is 0.375 e. The second-order valence-corrected chi connectivity index (χ2v) is 5.90. The molecule has 2 rings (SSSR count). The minimum absolute atomic E-state index is 0.331. The molecular weight excluding hydrogens is 380 g/mol. The van der Waals surface area contributed by atoms with E-state index in [0.717, 1.165) is 0 Å². The number of hydrogen-bond donors (Lipinski definition) is 1. The van der Waals surface area contributed by atoms with E-state index in [2.05, 4.69) is 37.2 Å². The molecule has 0 radical (unpaired) electrons. The highest BCUT2D eigenvalue weighted by Gasteiger charge is 2.14. The number of anilines is 1. The van der Waals surface area contributed by atoms with E-state index >= 15 is 0 Å². The molecule has 0 aliphatic carbocycles. The van der Waals surface area contributed by atoms with Gasteiger partial charge in [-0.1, -0.05) is 28.1 Å². The van der Waals surface area contributed by atoms with Gasteiger partial charge in [0.2, 0.25) is 0 Å². The second kappa shape index (κ2) is 6.01. The van der Waals surface area contributed by atoms with Crippen molar-refractivity contribution >= 4 is 37.5 Å². The second-order valence-electron chi connectivity index (χ2n) is 4.13. The third-order valence-corrected chi connectivity index (χ3v) is 3.91. The van der Waals surface area contributed by atoms with Gasteiger partial charge < -0.3 is 5.32 Å². The third-order valence-electron chi connectivity index (χ3n) is 2.75. The van der Waals surface area contributed by atoms with Crippen LogP contribution >= 0.6 is 31.9 Å². The predicted molar refractivity (Wildman–Crippen MR) is 80.2 cm³/mol. The maximum absolute atomic E-state index is 13.8. The smallest absolute Gasteiger partial charge is 0.147 e. The van der Waals surface area contributed by atoms with Crippen LogP contribution in [0.4, 0.5) is 14.5 Å². The lowest BCUT2D eigenvalue weighted by molar-refractivity contribution is 0.595. The Bertz CT molecular complexity index is 582. The summed E-state index contributed by atoms with van der Waals surface area (Å²) in [5.74, 6) is -0.708. The summed E-state index contributed by atoms with van der Waals surface area (Å²) in [4.78, 5) is 0. The average Bonchev–Trinajstić information content (AvgIpc) is 2.33. The molecule has 2 aromatic rings. The highest BCUT2D eigenvalue weighted by Crippen LogP contribution is 2.30. The quantitative estimate of drug-likeness (QED) is 0.712. The average molecular weight is 391 g/mol. The van der Waals surface area contributed by atoms with Crippen LogP contribution < -0.4 is 5.32 Å². The first-order valence-electron chi connectivity index (χ1n) is 5.64. The van der Waals surface area contributed by atoms with Crippen LogP contribution in [-0.2, 0) is 0 Å². The van der Waals surface area contributed by atoms with Crippen LogP contribution in [-0.4, -0.2) is 0 Å². The van der Waals surface area contributed by atoms with Crippen LogP contribution in [0.25, 0.3) is 0 Å². The molecule has 0 fully saturated rings. The Hall–Kier alpha value is -0.940. The van der Waals surface area contributed by atoms with Crippen molar-refractivity contribution in [2.45, 2.75) is 13.0 Å². The van der Waals surface area contributed by atoms with E-state index < -0.39 is 0 Å². The molecule has 0 aliphatic heterocycles. The first-order valence-corrected chi connectivity index (χ1v) is 7.23. The topological polar surface area (TPSA) is 12.0 Å². The van der Waals surface area contributed by atoms with E-state index in [1.54, 1.807) is 31.2 Å². The summed E-state index contributed by atoms with van der Waals surface area (Å²) in [5, 5.41) is 2.98. The first-order chi connectivity index (χ1) is 8.99. The molecule has 1 N–H and O–H groups in total. The summed E-state index contributed by atoms with van der Waals surface area (Å²) in [7, 11) is 0. The summed E-state index contributed by atoms with van der Waals surface area (Å²) < 4.78 is 28.8. The summed E-state index contributed by atoms with van der Waals surface area (Å²) in [6.45, 7) is 1.78. The van der Waals surface area contributed by atoms with Crippen LogP contribution in [0.5, 0.6) is 0 Å². The van der Waals surface area contributed by atoms with Gasteiger partial charge in [0.15, 0.2) is 0 Å². The van der Waals surface area contributed by atoms with E-state index in [4.69, 9.17) is 0 Å². The molecule has 0 saturated carbocycles. The van der Waals surface area contributed by atoms with E-state index in [1.165, 1.54) is 12.1 Å². The Morgan fingerprint density at radius 2 is 1.79 bits per heavy atom. The zero-order valence-electron chi connectivity index (χ0n) is 10.1. The molecule has 100 valence electrons. The van der Waals surface area contributed by atoms with Crippen molar-refractivity contribution in [3.8, 4) is 0 Å². The fourth-order valence-corrected chi connectivity index (χ4v) is 2.57. The summed E-state index contributed by atoms with van der Waals surface area (Å²) in [5.41, 5.74) is 0.815. The lowest BCUT2D eigenvalue weighted by Crippen LogP contribution is -2.10. The zero-order valence-corrected chi connectivity index (χ0v) is 13.2.